The molecule has 0 spiro atoms. The van der Waals surface area contributed by atoms with E-state index in [0.717, 1.165) is 25.7 Å². The molecule has 0 bridgehead atoms. The average Bonchev–Trinajstić information content (AvgIpc) is 2.49. The monoisotopic (exact) mass is 329 g/mol. The van der Waals surface area contributed by atoms with Gasteiger partial charge < -0.3 is 10.1 Å². The Morgan fingerprint density at radius 2 is 1.95 bits per heavy atom. The number of hydrogen-bond donors (Lipinski definition) is 1. The van der Waals surface area contributed by atoms with E-state index in [1.54, 1.807) is 24.3 Å². The van der Waals surface area contributed by atoms with Gasteiger partial charge in [0, 0.05) is 10.9 Å². The summed E-state index contributed by atoms with van der Waals surface area (Å²) in [5.74, 6) is 1.67. The first kappa shape index (κ1) is 16.4. The molecule has 2 rings (SSSR count). The summed E-state index contributed by atoms with van der Waals surface area (Å²) < 4.78 is 5.46. The van der Waals surface area contributed by atoms with Crippen LogP contribution in [-0.2, 0) is 4.79 Å². The molecule has 1 aromatic carbocycles. The number of alkyl halides is 1. The van der Waals surface area contributed by atoms with Gasteiger partial charge in [0.15, 0.2) is 6.61 Å². The Morgan fingerprint density at radius 1 is 1.33 bits per heavy atom. The molecule has 1 aromatic rings. The lowest BCUT2D eigenvalue weighted by Crippen LogP contribution is -2.53. The third kappa shape index (κ3) is 4.79. The van der Waals surface area contributed by atoms with Gasteiger partial charge in [-0.15, -0.1) is 11.6 Å². The van der Waals surface area contributed by atoms with Crippen LogP contribution in [0.4, 0.5) is 0 Å². The third-order valence-corrected chi connectivity index (χ3v) is 4.84. The molecule has 0 atom stereocenters. The maximum absolute atomic E-state index is 12.1. The average molecular weight is 330 g/mol. The number of carbonyl (C=O) groups is 1. The number of ether oxygens (including phenoxy) is 1. The molecule has 5 heteroatoms. The van der Waals surface area contributed by atoms with Crippen molar-refractivity contribution in [3.05, 3.63) is 29.3 Å². The molecular weight excluding hydrogens is 309 g/mol. The van der Waals surface area contributed by atoms with Gasteiger partial charge in [0.2, 0.25) is 0 Å². The van der Waals surface area contributed by atoms with Gasteiger partial charge in [-0.2, -0.15) is 0 Å². The van der Waals surface area contributed by atoms with Gasteiger partial charge in [-0.3, -0.25) is 4.79 Å². The van der Waals surface area contributed by atoms with Crippen molar-refractivity contribution in [3.8, 4) is 5.75 Å². The molecule has 1 aliphatic rings. The van der Waals surface area contributed by atoms with Crippen molar-refractivity contribution in [2.45, 2.75) is 38.1 Å². The number of carbonyl (C=O) groups excluding carboxylic acids is 1. The number of nitrogens with one attached hydrogen (secondary N) is 1. The molecule has 116 valence electrons. The molecule has 0 saturated heterocycles. The van der Waals surface area contributed by atoms with Crippen molar-refractivity contribution in [2.24, 2.45) is 5.92 Å². The van der Waals surface area contributed by atoms with Crippen LogP contribution in [0.3, 0.4) is 0 Å². The van der Waals surface area contributed by atoms with Gasteiger partial charge in [-0.05, 0) is 55.9 Å². The van der Waals surface area contributed by atoms with E-state index < -0.39 is 0 Å². The van der Waals surface area contributed by atoms with Crippen LogP contribution >= 0.6 is 23.2 Å². The Labute approximate surface area is 136 Å². The molecular formula is C16H21Cl2NO2. The van der Waals surface area contributed by atoms with Gasteiger partial charge in [0.05, 0.1) is 5.54 Å². The number of halogens is 2. The van der Waals surface area contributed by atoms with Crippen molar-refractivity contribution in [1.29, 1.82) is 0 Å². The zero-order valence-electron chi connectivity index (χ0n) is 12.2. The van der Waals surface area contributed by atoms with E-state index in [9.17, 15) is 4.79 Å². The van der Waals surface area contributed by atoms with Crippen LogP contribution in [0.15, 0.2) is 24.3 Å². The molecule has 1 fully saturated rings. The second kappa shape index (κ2) is 7.37. The Balaban J connectivity index is 1.84. The molecule has 1 saturated carbocycles. The Hall–Kier alpha value is -0.930. The van der Waals surface area contributed by atoms with Crippen molar-refractivity contribution < 1.29 is 9.53 Å². The smallest absolute Gasteiger partial charge is 0.258 e. The summed E-state index contributed by atoms with van der Waals surface area (Å²) >= 11 is 11.9. The van der Waals surface area contributed by atoms with E-state index in [4.69, 9.17) is 27.9 Å². The minimum Gasteiger partial charge on any atom is -0.484 e. The first-order chi connectivity index (χ1) is 10.0. The summed E-state index contributed by atoms with van der Waals surface area (Å²) in [5, 5.41) is 3.71. The van der Waals surface area contributed by atoms with E-state index in [-0.39, 0.29) is 18.1 Å². The molecule has 0 unspecified atom stereocenters. The second-order valence-corrected chi connectivity index (χ2v) is 6.59. The highest BCUT2D eigenvalue weighted by atomic mass is 35.5. The van der Waals surface area contributed by atoms with Crippen molar-refractivity contribution in [1.82, 2.24) is 5.32 Å². The number of rotatable bonds is 5. The SMILES string of the molecule is CC1CCC(CCl)(NC(=O)COc2ccc(Cl)cc2)CC1. The van der Waals surface area contributed by atoms with Gasteiger partial charge in [-0.1, -0.05) is 18.5 Å². The summed E-state index contributed by atoms with van der Waals surface area (Å²) in [4.78, 5) is 12.1. The molecule has 21 heavy (non-hydrogen) atoms. The summed E-state index contributed by atoms with van der Waals surface area (Å²) in [5.41, 5.74) is -0.269. The maximum Gasteiger partial charge on any atom is 0.258 e. The fourth-order valence-electron chi connectivity index (χ4n) is 2.62. The topological polar surface area (TPSA) is 38.3 Å². The number of amides is 1. The first-order valence-electron chi connectivity index (χ1n) is 7.28. The van der Waals surface area contributed by atoms with Crippen molar-refractivity contribution in [2.75, 3.05) is 12.5 Å². The van der Waals surface area contributed by atoms with Gasteiger partial charge in [0.25, 0.3) is 5.91 Å². The number of benzene rings is 1. The predicted molar refractivity (Wildman–Crippen MR) is 86.2 cm³/mol. The van der Waals surface area contributed by atoms with E-state index in [0.29, 0.717) is 22.6 Å². The van der Waals surface area contributed by atoms with Gasteiger partial charge in [0.1, 0.15) is 5.75 Å². The Kier molecular flexibility index (Phi) is 5.77. The normalized spacial score (nSPS) is 25.4. The summed E-state index contributed by atoms with van der Waals surface area (Å²) in [6.07, 6.45) is 4.07. The highest BCUT2D eigenvalue weighted by Crippen LogP contribution is 2.32. The Morgan fingerprint density at radius 3 is 2.52 bits per heavy atom. The third-order valence-electron chi connectivity index (χ3n) is 4.08. The van der Waals surface area contributed by atoms with Crippen LogP contribution in [0.2, 0.25) is 5.02 Å². The van der Waals surface area contributed by atoms with Crippen LogP contribution in [0, 0.1) is 5.92 Å². The van der Waals surface area contributed by atoms with E-state index in [1.165, 1.54) is 0 Å². The quantitative estimate of drug-likeness (QED) is 0.828. The minimum absolute atomic E-state index is 0.00414. The zero-order valence-corrected chi connectivity index (χ0v) is 13.7. The van der Waals surface area contributed by atoms with Crippen LogP contribution in [0.5, 0.6) is 5.75 Å². The van der Waals surface area contributed by atoms with E-state index >= 15 is 0 Å². The molecule has 0 heterocycles. The van der Waals surface area contributed by atoms with Crippen LogP contribution < -0.4 is 10.1 Å². The number of hydrogen-bond acceptors (Lipinski definition) is 2. The molecule has 1 N–H and O–H groups in total. The van der Waals surface area contributed by atoms with Crippen LogP contribution in [0.1, 0.15) is 32.6 Å². The summed E-state index contributed by atoms with van der Waals surface area (Å²) in [7, 11) is 0. The van der Waals surface area contributed by atoms with Crippen molar-refractivity contribution in [3.63, 3.8) is 0 Å². The lowest BCUT2D eigenvalue weighted by molar-refractivity contribution is -0.125. The van der Waals surface area contributed by atoms with E-state index in [1.807, 2.05) is 0 Å². The minimum atomic E-state index is -0.269. The fourth-order valence-corrected chi connectivity index (χ4v) is 3.08. The maximum atomic E-state index is 12.1. The van der Waals surface area contributed by atoms with Crippen LogP contribution in [0.25, 0.3) is 0 Å². The van der Waals surface area contributed by atoms with Gasteiger partial charge in [-0.25, -0.2) is 0 Å². The lowest BCUT2D eigenvalue weighted by Gasteiger charge is -2.38. The molecule has 1 aliphatic carbocycles. The fraction of sp³-hybridized carbons (Fsp3) is 0.562. The highest BCUT2D eigenvalue weighted by molar-refractivity contribution is 6.30. The standard InChI is InChI=1S/C16H21Cl2NO2/c1-12-6-8-16(11-17,9-7-12)19-15(20)10-21-14-4-2-13(18)3-5-14/h2-5,12H,6-11H2,1H3,(H,19,20). The largest absolute Gasteiger partial charge is 0.484 e. The van der Waals surface area contributed by atoms with E-state index in [2.05, 4.69) is 12.2 Å². The Bertz CT molecular complexity index is 468. The van der Waals surface area contributed by atoms with Crippen LogP contribution in [-0.4, -0.2) is 23.9 Å². The van der Waals surface area contributed by atoms with Crippen molar-refractivity contribution >= 4 is 29.1 Å². The molecule has 1 amide bonds. The molecule has 0 aliphatic heterocycles. The summed E-state index contributed by atoms with van der Waals surface area (Å²) in [6.45, 7) is 2.24. The highest BCUT2D eigenvalue weighted by Gasteiger charge is 2.34. The summed E-state index contributed by atoms with van der Waals surface area (Å²) in [6, 6.07) is 6.96. The molecule has 3 nitrogen and oxygen atoms in total. The molecule has 0 radical (unpaired) electrons. The first-order valence-corrected chi connectivity index (χ1v) is 8.20. The lowest BCUT2D eigenvalue weighted by atomic mass is 9.78. The van der Waals surface area contributed by atoms with Gasteiger partial charge >= 0.3 is 0 Å². The predicted octanol–water partition coefficient (Wildman–Crippen LogP) is 4.02. The molecule has 0 aromatic heterocycles. The zero-order chi connectivity index (χ0) is 15.3. The second-order valence-electron chi connectivity index (χ2n) is 5.89.